The summed E-state index contributed by atoms with van der Waals surface area (Å²) in [4.78, 5) is 19.7. The summed E-state index contributed by atoms with van der Waals surface area (Å²) in [5, 5.41) is 0.0735. The van der Waals surface area contributed by atoms with Gasteiger partial charge in [0.15, 0.2) is 14.9 Å². The van der Waals surface area contributed by atoms with Crippen LogP contribution in [0.2, 0.25) is 0 Å². The highest BCUT2D eigenvalue weighted by molar-refractivity contribution is 7.90. The van der Waals surface area contributed by atoms with Gasteiger partial charge in [-0.1, -0.05) is 24.3 Å². The van der Waals surface area contributed by atoms with Gasteiger partial charge in [0, 0.05) is 37.0 Å². The summed E-state index contributed by atoms with van der Waals surface area (Å²) in [6.45, 7) is 10.8. The van der Waals surface area contributed by atoms with Crippen molar-refractivity contribution in [3.8, 4) is 11.3 Å². The molecule has 7 nitrogen and oxygen atoms in total. The van der Waals surface area contributed by atoms with Crippen LogP contribution in [0, 0.1) is 13.8 Å². The van der Waals surface area contributed by atoms with Crippen molar-refractivity contribution in [3.05, 3.63) is 65.0 Å². The predicted molar refractivity (Wildman–Crippen MR) is 133 cm³/mol. The molecule has 0 aliphatic carbocycles. The minimum absolute atomic E-state index is 0.0735. The maximum atomic E-state index is 13.3. The highest BCUT2D eigenvalue weighted by Crippen LogP contribution is 2.34. The number of carbonyl (C=O) groups excluding carboxylic acids is 1. The second-order valence-corrected chi connectivity index (χ2v) is 11.8. The maximum absolute atomic E-state index is 13.3. The Labute approximate surface area is 201 Å². The number of hydrogen-bond acceptors (Lipinski definition) is 6. The minimum Gasteiger partial charge on any atom is -0.443 e. The summed E-state index contributed by atoms with van der Waals surface area (Å²) >= 11 is 0. The minimum atomic E-state index is -3.37. The van der Waals surface area contributed by atoms with Crippen molar-refractivity contribution < 1.29 is 17.9 Å². The Bertz CT molecular complexity index is 1370. The summed E-state index contributed by atoms with van der Waals surface area (Å²) in [6, 6.07) is 11.7. The summed E-state index contributed by atoms with van der Waals surface area (Å²) in [5.41, 5.74) is 6.01. The van der Waals surface area contributed by atoms with Crippen LogP contribution < -0.4 is 4.90 Å². The molecule has 0 amide bonds. The van der Waals surface area contributed by atoms with Gasteiger partial charge in [-0.2, -0.15) is 0 Å². The fourth-order valence-corrected chi connectivity index (χ4v) is 5.01. The second kappa shape index (κ2) is 8.58. The van der Waals surface area contributed by atoms with Crippen molar-refractivity contribution in [2.75, 3.05) is 17.7 Å². The molecule has 3 aromatic rings. The first-order valence-electron chi connectivity index (χ1n) is 11.3. The fraction of sp³-hybridized carbons (Fsp3) is 0.385. The number of anilines is 1. The fourth-order valence-electron chi connectivity index (χ4n) is 4.37. The van der Waals surface area contributed by atoms with Gasteiger partial charge >= 0.3 is 6.09 Å². The number of aromatic nitrogens is 2. The van der Waals surface area contributed by atoms with Gasteiger partial charge in [-0.05, 0) is 63.4 Å². The van der Waals surface area contributed by atoms with Gasteiger partial charge in [-0.15, -0.1) is 0 Å². The zero-order chi connectivity index (χ0) is 24.8. The number of aryl methyl sites for hydroxylation is 2. The Morgan fingerprint density at radius 2 is 1.79 bits per heavy atom. The molecule has 0 saturated heterocycles. The van der Waals surface area contributed by atoms with Crippen molar-refractivity contribution in [3.63, 3.8) is 0 Å². The number of hydrogen-bond donors (Lipinski definition) is 0. The maximum Gasteiger partial charge on any atom is 0.419 e. The molecule has 0 unspecified atom stereocenters. The smallest absolute Gasteiger partial charge is 0.419 e. The quantitative estimate of drug-likeness (QED) is 0.528. The molecule has 180 valence electrons. The summed E-state index contributed by atoms with van der Waals surface area (Å²) < 4.78 is 31.2. The first-order valence-corrected chi connectivity index (χ1v) is 13.2. The highest BCUT2D eigenvalue weighted by atomic mass is 32.2. The van der Waals surface area contributed by atoms with Crippen molar-refractivity contribution in [2.24, 2.45) is 0 Å². The largest absolute Gasteiger partial charge is 0.443 e. The standard InChI is InChI=1S/C26H31N3O4S/c1-17-9-7-8-10-20(17)22-14-19-16-28(23-15-27-24(13-18(23)2)34(6,31)32)12-11-21(19)29(22)25(30)33-26(3,4)5/h7-10,13-15H,11-12,16H2,1-6H3. The lowest BCUT2D eigenvalue weighted by atomic mass is 10.0. The summed E-state index contributed by atoms with van der Waals surface area (Å²) in [5.74, 6) is 0. The molecule has 1 aromatic carbocycles. The molecule has 0 saturated carbocycles. The van der Waals surface area contributed by atoms with Crippen LogP contribution in [0.4, 0.5) is 10.5 Å². The Balaban J connectivity index is 1.76. The van der Waals surface area contributed by atoms with Gasteiger partial charge < -0.3 is 9.64 Å². The number of nitrogens with zero attached hydrogens (tertiary/aromatic N) is 3. The highest BCUT2D eigenvalue weighted by Gasteiger charge is 2.30. The van der Waals surface area contributed by atoms with E-state index in [1.807, 2.05) is 58.9 Å². The topological polar surface area (TPSA) is 81.5 Å². The van der Waals surface area contributed by atoms with E-state index in [9.17, 15) is 13.2 Å². The Hall–Kier alpha value is -3.13. The lowest BCUT2D eigenvalue weighted by molar-refractivity contribution is 0.0535. The van der Waals surface area contributed by atoms with Crippen LogP contribution in [-0.4, -0.2) is 42.5 Å². The Morgan fingerprint density at radius 3 is 2.41 bits per heavy atom. The van der Waals surface area contributed by atoms with Crippen molar-refractivity contribution in [2.45, 2.75) is 58.2 Å². The van der Waals surface area contributed by atoms with Gasteiger partial charge in [0.2, 0.25) is 0 Å². The van der Waals surface area contributed by atoms with E-state index >= 15 is 0 Å². The van der Waals surface area contributed by atoms with Gasteiger partial charge in [-0.3, -0.25) is 0 Å². The average Bonchev–Trinajstić information content (AvgIpc) is 3.10. The van der Waals surface area contributed by atoms with Crippen LogP contribution in [0.3, 0.4) is 0 Å². The van der Waals surface area contributed by atoms with Crippen LogP contribution in [0.1, 0.15) is 43.2 Å². The van der Waals surface area contributed by atoms with Gasteiger partial charge in [0.1, 0.15) is 5.60 Å². The van der Waals surface area contributed by atoms with Crippen molar-refractivity contribution in [1.82, 2.24) is 9.55 Å². The number of rotatable bonds is 3. The Kier molecular flexibility index (Phi) is 6.06. The van der Waals surface area contributed by atoms with Crippen LogP contribution in [-0.2, 0) is 27.5 Å². The molecule has 4 rings (SSSR count). The zero-order valence-corrected chi connectivity index (χ0v) is 21.4. The number of sulfone groups is 1. The molecule has 8 heteroatoms. The number of fused-ring (bicyclic) bond motifs is 1. The molecule has 0 bridgehead atoms. The number of ether oxygens (including phenoxy) is 1. The third-order valence-corrected chi connectivity index (χ3v) is 6.93. The summed E-state index contributed by atoms with van der Waals surface area (Å²) in [6.07, 6.45) is 3.06. The van der Waals surface area contributed by atoms with E-state index in [-0.39, 0.29) is 11.1 Å². The molecule has 0 radical (unpaired) electrons. The van der Waals surface area contributed by atoms with Crippen LogP contribution in [0.25, 0.3) is 11.3 Å². The second-order valence-electron chi connectivity index (χ2n) is 9.88. The van der Waals surface area contributed by atoms with Crippen LogP contribution in [0.5, 0.6) is 0 Å². The predicted octanol–water partition coefficient (Wildman–Crippen LogP) is 4.92. The molecule has 2 aromatic heterocycles. The molecule has 0 atom stereocenters. The van der Waals surface area contributed by atoms with Crippen LogP contribution >= 0.6 is 0 Å². The molecule has 1 aliphatic rings. The zero-order valence-electron chi connectivity index (χ0n) is 20.5. The van der Waals surface area contributed by atoms with Gasteiger partial charge in [-0.25, -0.2) is 22.8 Å². The molecular formula is C26H31N3O4S. The number of pyridine rings is 1. The van der Waals surface area contributed by atoms with E-state index < -0.39 is 15.4 Å². The monoisotopic (exact) mass is 481 g/mol. The molecule has 3 heterocycles. The van der Waals surface area contributed by atoms with E-state index in [0.29, 0.717) is 19.5 Å². The molecule has 1 aliphatic heterocycles. The summed E-state index contributed by atoms with van der Waals surface area (Å²) in [7, 11) is -3.37. The van der Waals surface area contributed by atoms with Crippen molar-refractivity contribution >= 4 is 21.6 Å². The van der Waals surface area contributed by atoms with Crippen LogP contribution in [0.15, 0.2) is 47.6 Å². The van der Waals surface area contributed by atoms with E-state index in [2.05, 4.69) is 16.0 Å². The lowest BCUT2D eigenvalue weighted by Crippen LogP contribution is -2.34. The van der Waals surface area contributed by atoms with Gasteiger partial charge in [0.25, 0.3) is 0 Å². The normalized spacial score (nSPS) is 14.1. The lowest BCUT2D eigenvalue weighted by Gasteiger charge is -2.31. The molecule has 0 N–H and O–H groups in total. The molecule has 34 heavy (non-hydrogen) atoms. The third kappa shape index (κ3) is 4.73. The van der Waals surface area contributed by atoms with Gasteiger partial charge in [0.05, 0.1) is 17.6 Å². The van der Waals surface area contributed by atoms with E-state index in [1.165, 1.54) is 0 Å². The first-order chi connectivity index (χ1) is 15.8. The molecule has 0 fully saturated rings. The van der Waals surface area contributed by atoms with Crippen molar-refractivity contribution in [1.29, 1.82) is 0 Å². The Morgan fingerprint density at radius 1 is 1.09 bits per heavy atom. The third-order valence-electron chi connectivity index (χ3n) is 5.95. The molecule has 0 spiro atoms. The SMILES string of the molecule is Cc1ccccc1-c1cc2c(n1C(=O)OC(C)(C)C)CCN(c1cnc(S(C)(=O)=O)cc1C)C2. The van der Waals surface area contributed by atoms with E-state index in [0.717, 1.165) is 45.6 Å². The van der Waals surface area contributed by atoms with E-state index in [1.54, 1.807) is 16.8 Å². The number of benzene rings is 1. The first kappa shape index (κ1) is 24.0. The number of carbonyl (C=O) groups is 1. The van der Waals surface area contributed by atoms with E-state index in [4.69, 9.17) is 4.74 Å². The molecular weight excluding hydrogens is 450 g/mol. The average molecular weight is 482 g/mol.